The summed E-state index contributed by atoms with van der Waals surface area (Å²) in [5, 5.41) is 12.8. The number of benzene rings is 1. The van der Waals surface area contributed by atoms with Gasteiger partial charge in [-0.2, -0.15) is 0 Å². The monoisotopic (exact) mass is 241 g/mol. The van der Waals surface area contributed by atoms with Crippen molar-refractivity contribution >= 4 is 15.9 Å². The van der Waals surface area contributed by atoms with Crippen LogP contribution in [-0.2, 0) is 0 Å². The molecule has 4 nitrogen and oxygen atoms in total. The molecule has 1 N–H and O–H groups in total. The van der Waals surface area contributed by atoms with E-state index in [1.54, 1.807) is 12.1 Å². The van der Waals surface area contributed by atoms with E-state index >= 15 is 0 Å². The van der Waals surface area contributed by atoms with E-state index in [-0.39, 0.29) is 6.54 Å². The molecule has 1 atom stereocenters. The first-order chi connectivity index (χ1) is 6.24. The SMILES string of the molecule is [N-]=[N+]=NC[C@H](O)c1cccc(Br)c1. The zero-order chi connectivity index (χ0) is 9.68. The van der Waals surface area contributed by atoms with Crippen molar-refractivity contribution in [1.82, 2.24) is 0 Å². The van der Waals surface area contributed by atoms with Crippen molar-refractivity contribution in [2.45, 2.75) is 6.10 Å². The molecule has 0 aliphatic carbocycles. The van der Waals surface area contributed by atoms with Crippen molar-refractivity contribution in [2.24, 2.45) is 5.11 Å². The Morgan fingerprint density at radius 2 is 2.38 bits per heavy atom. The highest BCUT2D eigenvalue weighted by molar-refractivity contribution is 9.10. The van der Waals surface area contributed by atoms with E-state index in [0.717, 1.165) is 10.0 Å². The molecule has 0 saturated carbocycles. The third kappa shape index (κ3) is 3.06. The van der Waals surface area contributed by atoms with Gasteiger partial charge in [-0.1, -0.05) is 33.2 Å². The van der Waals surface area contributed by atoms with Crippen LogP contribution in [0.2, 0.25) is 0 Å². The van der Waals surface area contributed by atoms with E-state index in [1.807, 2.05) is 12.1 Å². The minimum absolute atomic E-state index is 0.0625. The molecule has 13 heavy (non-hydrogen) atoms. The van der Waals surface area contributed by atoms with Crippen LogP contribution >= 0.6 is 15.9 Å². The van der Waals surface area contributed by atoms with E-state index in [1.165, 1.54) is 0 Å². The lowest BCUT2D eigenvalue weighted by Crippen LogP contribution is -2.00. The summed E-state index contributed by atoms with van der Waals surface area (Å²) in [5.41, 5.74) is 8.79. The second-order valence-electron chi connectivity index (χ2n) is 2.48. The topological polar surface area (TPSA) is 69.0 Å². The van der Waals surface area contributed by atoms with Crippen molar-refractivity contribution in [2.75, 3.05) is 6.54 Å². The van der Waals surface area contributed by atoms with Crippen molar-refractivity contribution in [3.05, 3.63) is 44.7 Å². The Balaban J connectivity index is 2.76. The molecule has 1 aromatic carbocycles. The van der Waals surface area contributed by atoms with Gasteiger partial charge in [0.25, 0.3) is 0 Å². The van der Waals surface area contributed by atoms with Crippen LogP contribution in [0.5, 0.6) is 0 Å². The van der Waals surface area contributed by atoms with Crippen LogP contribution in [0.4, 0.5) is 0 Å². The van der Waals surface area contributed by atoms with Gasteiger partial charge in [0.2, 0.25) is 0 Å². The number of azide groups is 1. The van der Waals surface area contributed by atoms with Gasteiger partial charge in [0.1, 0.15) is 0 Å². The second kappa shape index (κ2) is 4.87. The summed E-state index contributed by atoms with van der Waals surface area (Å²) in [5.74, 6) is 0. The highest BCUT2D eigenvalue weighted by atomic mass is 79.9. The molecule has 0 amide bonds. The summed E-state index contributed by atoms with van der Waals surface area (Å²) in [6.45, 7) is 0.0625. The standard InChI is InChI=1S/C8H8BrN3O/c9-7-3-1-2-6(4-7)8(13)5-11-12-10/h1-4,8,13H,5H2/t8-/m0/s1. The van der Waals surface area contributed by atoms with Crippen LogP contribution in [-0.4, -0.2) is 11.7 Å². The fourth-order valence-corrected chi connectivity index (χ4v) is 1.35. The Labute approximate surface area is 84.0 Å². The second-order valence-corrected chi connectivity index (χ2v) is 3.40. The van der Waals surface area contributed by atoms with Gasteiger partial charge in [0.05, 0.1) is 12.6 Å². The molecular weight excluding hydrogens is 234 g/mol. The number of rotatable bonds is 3. The lowest BCUT2D eigenvalue weighted by atomic mass is 10.1. The maximum atomic E-state index is 9.49. The van der Waals surface area contributed by atoms with Crippen LogP contribution < -0.4 is 0 Å². The molecule has 0 saturated heterocycles. The van der Waals surface area contributed by atoms with E-state index in [9.17, 15) is 5.11 Å². The molecule has 0 fully saturated rings. The first-order valence-electron chi connectivity index (χ1n) is 3.68. The summed E-state index contributed by atoms with van der Waals surface area (Å²) in [7, 11) is 0. The summed E-state index contributed by atoms with van der Waals surface area (Å²) in [6.07, 6.45) is -0.728. The fourth-order valence-electron chi connectivity index (χ4n) is 0.933. The zero-order valence-electron chi connectivity index (χ0n) is 6.76. The Morgan fingerprint density at radius 1 is 1.62 bits per heavy atom. The Bertz CT molecular complexity index is 336. The highest BCUT2D eigenvalue weighted by Gasteiger charge is 2.05. The molecule has 5 heteroatoms. The van der Waals surface area contributed by atoms with Crippen molar-refractivity contribution in [3.63, 3.8) is 0 Å². The summed E-state index contributed by atoms with van der Waals surface area (Å²) < 4.78 is 0.894. The highest BCUT2D eigenvalue weighted by Crippen LogP contribution is 2.18. The van der Waals surface area contributed by atoms with Crippen LogP contribution in [0.15, 0.2) is 33.9 Å². The normalized spacial score (nSPS) is 11.8. The van der Waals surface area contributed by atoms with Crippen molar-refractivity contribution in [1.29, 1.82) is 0 Å². The van der Waals surface area contributed by atoms with Gasteiger partial charge in [-0.05, 0) is 23.2 Å². The molecule has 0 aliphatic rings. The van der Waals surface area contributed by atoms with Gasteiger partial charge in [-0.25, -0.2) is 0 Å². The number of aliphatic hydroxyl groups excluding tert-OH is 1. The molecule has 0 aromatic heterocycles. The van der Waals surface area contributed by atoms with Gasteiger partial charge in [0.15, 0.2) is 0 Å². The number of hydrogen-bond acceptors (Lipinski definition) is 2. The Morgan fingerprint density at radius 3 is 3.00 bits per heavy atom. The average molecular weight is 242 g/mol. The maximum Gasteiger partial charge on any atom is 0.0846 e. The van der Waals surface area contributed by atoms with Crippen LogP contribution in [0, 0.1) is 0 Å². The van der Waals surface area contributed by atoms with Crippen molar-refractivity contribution in [3.8, 4) is 0 Å². The van der Waals surface area contributed by atoms with E-state index in [2.05, 4.69) is 26.0 Å². The predicted octanol–water partition coefficient (Wildman–Crippen LogP) is 2.79. The molecule has 68 valence electrons. The minimum Gasteiger partial charge on any atom is -0.388 e. The number of aliphatic hydroxyl groups is 1. The molecule has 1 rings (SSSR count). The quantitative estimate of drug-likeness (QED) is 0.494. The van der Waals surface area contributed by atoms with Crippen molar-refractivity contribution < 1.29 is 5.11 Å². The lowest BCUT2D eigenvalue weighted by Gasteiger charge is -2.07. The first kappa shape index (κ1) is 10.1. The van der Waals surface area contributed by atoms with Gasteiger partial charge in [-0.3, -0.25) is 0 Å². The van der Waals surface area contributed by atoms with E-state index in [0.29, 0.717) is 0 Å². The summed E-state index contributed by atoms with van der Waals surface area (Å²) in [6, 6.07) is 7.25. The largest absolute Gasteiger partial charge is 0.388 e. The van der Waals surface area contributed by atoms with Gasteiger partial charge in [-0.15, -0.1) is 0 Å². The summed E-state index contributed by atoms with van der Waals surface area (Å²) in [4.78, 5) is 2.58. The van der Waals surface area contributed by atoms with Crippen LogP contribution in [0.1, 0.15) is 11.7 Å². The smallest absolute Gasteiger partial charge is 0.0846 e. The van der Waals surface area contributed by atoms with Crippen LogP contribution in [0.25, 0.3) is 10.4 Å². The van der Waals surface area contributed by atoms with E-state index in [4.69, 9.17) is 5.53 Å². The third-order valence-electron chi connectivity index (χ3n) is 1.55. The third-order valence-corrected chi connectivity index (χ3v) is 2.04. The Kier molecular flexibility index (Phi) is 3.76. The molecule has 0 spiro atoms. The molecule has 1 aromatic rings. The maximum absolute atomic E-state index is 9.49. The number of nitrogens with zero attached hydrogens (tertiary/aromatic N) is 3. The molecule has 0 aliphatic heterocycles. The Hall–Kier alpha value is -1.03. The average Bonchev–Trinajstić information content (AvgIpc) is 2.14. The van der Waals surface area contributed by atoms with Gasteiger partial charge >= 0.3 is 0 Å². The van der Waals surface area contributed by atoms with Crippen LogP contribution in [0.3, 0.4) is 0 Å². The molecule has 0 radical (unpaired) electrons. The molecule has 0 bridgehead atoms. The fraction of sp³-hybridized carbons (Fsp3) is 0.250. The van der Waals surface area contributed by atoms with E-state index < -0.39 is 6.10 Å². The molecule has 0 unspecified atom stereocenters. The number of halogens is 1. The van der Waals surface area contributed by atoms with Gasteiger partial charge < -0.3 is 5.11 Å². The molecular formula is C8H8BrN3O. The lowest BCUT2D eigenvalue weighted by molar-refractivity contribution is 0.186. The zero-order valence-corrected chi connectivity index (χ0v) is 8.35. The van der Waals surface area contributed by atoms with Gasteiger partial charge in [0, 0.05) is 9.38 Å². The minimum atomic E-state index is -0.728. The molecule has 0 heterocycles. The first-order valence-corrected chi connectivity index (χ1v) is 4.47. The predicted molar refractivity (Wildman–Crippen MR) is 53.1 cm³/mol. The summed E-state index contributed by atoms with van der Waals surface area (Å²) >= 11 is 3.28. The number of hydrogen-bond donors (Lipinski definition) is 1.